The van der Waals surface area contributed by atoms with Gasteiger partial charge in [-0.2, -0.15) is 0 Å². The summed E-state index contributed by atoms with van der Waals surface area (Å²) >= 11 is 12.9. The van der Waals surface area contributed by atoms with E-state index in [-0.39, 0.29) is 35.0 Å². The van der Waals surface area contributed by atoms with Gasteiger partial charge >= 0.3 is 0 Å². The number of hydrogen-bond acceptors (Lipinski definition) is 7. The molecule has 0 aliphatic rings. The minimum atomic E-state index is -4.69. The summed E-state index contributed by atoms with van der Waals surface area (Å²) in [6, 6.07) is 22.6. The average Bonchev–Trinajstić information content (AvgIpc) is 3.08. The standard InChI is InChI=1S/C35H36Cl2N4O7S/c1-4-18-38-35(43)32(19-25-10-6-5-7-11-25)39(22-26-12-8-9-13-29(26)37)34(42)23-40(31-20-27(36)15-17-33(31)48-3)49(46,47)28-16-14-24(2)30(21-28)41(44)45/h5-17,20-21,32H,4,18-19,22-23H2,1-3H3,(H,38,43)/t32-/m0/s1. The van der Waals surface area contributed by atoms with E-state index in [1.165, 1.54) is 49.3 Å². The lowest BCUT2D eigenvalue weighted by atomic mass is 10.0. The highest BCUT2D eigenvalue weighted by atomic mass is 35.5. The third-order valence-corrected chi connectivity index (χ3v) is 10.1. The van der Waals surface area contributed by atoms with Crippen LogP contribution in [0.5, 0.6) is 5.75 Å². The number of amides is 2. The second-order valence-corrected chi connectivity index (χ2v) is 13.8. The fourth-order valence-corrected chi connectivity index (χ4v) is 6.97. The summed E-state index contributed by atoms with van der Waals surface area (Å²) in [6.45, 7) is 2.78. The van der Waals surface area contributed by atoms with Gasteiger partial charge in [-0.1, -0.05) is 84.7 Å². The second kappa shape index (κ2) is 16.6. The van der Waals surface area contributed by atoms with E-state index in [1.54, 1.807) is 24.3 Å². The Morgan fingerprint density at radius 3 is 2.33 bits per heavy atom. The summed E-state index contributed by atoms with van der Waals surface area (Å²) in [5, 5.41) is 15.1. The third-order valence-electron chi connectivity index (χ3n) is 7.77. The van der Waals surface area contributed by atoms with Crippen LogP contribution in [-0.2, 0) is 32.6 Å². The number of ether oxygens (including phenoxy) is 1. The lowest BCUT2D eigenvalue weighted by Gasteiger charge is -2.34. The number of hydrogen-bond donors (Lipinski definition) is 1. The molecule has 0 spiro atoms. The molecule has 4 rings (SSSR count). The SMILES string of the molecule is CCCNC(=O)[C@H](Cc1ccccc1)N(Cc1ccccc1Cl)C(=O)CN(c1cc(Cl)ccc1OC)S(=O)(=O)c1ccc(C)c([N+](=O)[O-])c1. The Morgan fingerprint density at radius 2 is 1.67 bits per heavy atom. The summed E-state index contributed by atoms with van der Waals surface area (Å²) < 4.78 is 35.1. The van der Waals surface area contributed by atoms with Crippen LogP contribution in [0.1, 0.15) is 30.0 Å². The van der Waals surface area contributed by atoms with Gasteiger partial charge in [0.25, 0.3) is 15.7 Å². The minimum absolute atomic E-state index is 0.0709. The smallest absolute Gasteiger partial charge is 0.273 e. The molecule has 0 saturated heterocycles. The van der Waals surface area contributed by atoms with Crippen molar-refractivity contribution in [1.29, 1.82) is 0 Å². The predicted molar refractivity (Wildman–Crippen MR) is 190 cm³/mol. The number of anilines is 1. The fraction of sp³-hybridized carbons (Fsp3) is 0.257. The molecular formula is C35H36Cl2N4O7S. The summed E-state index contributed by atoms with van der Waals surface area (Å²) in [5.41, 5.74) is 1.05. The van der Waals surface area contributed by atoms with Crippen LogP contribution in [-0.4, -0.2) is 56.3 Å². The van der Waals surface area contributed by atoms with Crippen LogP contribution in [0, 0.1) is 17.0 Å². The molecule has 0 aliphatic carbocycles. The van der Waals surface area contributed by atoms with Crippen molar-refractivity contribution < 1.29 is 27.7 Å². The molecule has 0 heterocycles. The van der Waals surface area contributed by atoms with Crippen molar-refractivity contribution in [2.45, 2.75) is 44.2 Å². The van der Waals surface area contributed by atoms with Crippen LogP contribution in [0.4, 0.5) is 11.4 Å². The maximum Gasteiger partial charge on any atom is 0.273 e. The molecule has 0 aromatic heterocycles. The normalized spacial score (nSPS) is 11.8. The fourth-order valence-electron chi connectivity index (χ4n) is 5.18. The van der Waals surface area contributed by atoms with Gasteiger partial charge in [0.2, 0.25) is 11.8 Å². The summed E-state index contributed by atoms with van der Waals surface area (Å²) in [5.74, 6) is -1.11. The zero-order chi connectivity index (χ0) is 35.7. The molecule has 0 saturated carbocycles. The third kappa shape index (κ3) is 9.08. The first kappa shape index (κ1) is 37.2. The van der Waals surface area contributed by atoms with Crippen molar-refractivity contribution in [3.8, 4) is 5.75 Å². The molecule has 11 nitrogen and oxygen atoms in total. The van der Waals surface area contributed by atoms with E-state index >= 15 is 0 Å². The molecule has 1 N–H and O–H groups in total. The first-order valence-corrected chi connectivity index (χ1v) is 17.5. The van der Waals surface area contributed by atoms with Gasteiger partial charge in [-0.25, -0.2) is 8.42 Å². The number of nitrogens with zero attached hydrogens (tertiary/aromatic N) is 3. The van der Waals surface area contributed by atoms with Gasteiger partial charge in [-0.05, 0) is 54.8 Å². The van der Waals surface area contributed by atoms with Gasteiger partial charge in [-0.15, -0.1) is 0 Å². The van der Waals surface area contributed by atoms with Crippen molar-refractivity contribution in [3.63, 3.8) is 0 Å². The molecule has 4 aromatic rings. The molecule has 14 heteroatoms. The van der Waals surface area contributed by atoms with E-state index in [1.807, 2.05) is 37.3 Å². The molecule has 0 bridgehead atoms. The Balaban J connectivity index is 1.89. The Kier molecular flexibility index (Phi) is 12.6. The summed E-state index contributed by atoms with van der Waals surface area (Å²) in [7, 11) is -3.36. The maximum absolute atomic E-state index is 14.7. The number of methoxy groups -OCH3 is 1. The first-order valence-electron chi connectivity index (χ1n) is 15.3. The van der Waals surface area contributed by atoms with Gasteiger partial charge in [0.05, 0.1) is 22.6 Å². The summed E-state index contributed by atoms with van der Waals surface area (Å²) in [6.07, 6.45) is 0.759. The molecule has 49 heavy (non-hydrogen) atoms. The van der Waals surface area contributed by atoms with Gasteiger partial charge in [0.1, 0.15) is 18.3 Å². The number of halogens is 2. The molecule has 1 atom stereocenters. The summed E-state index contributed by atoms with van der Waals surface area (Å²) in [4.78, 5) is 40.4. The second-order valence-electron chi connectivity index (χ2n) is 11.1. The lowest BCUT2D eigenvalue weighted by molar-refractivity contribution is -0.385. The molecule has 2 amide bonds. The van der Waals surface area contributed by atoms with Crippen molar-refractivity contribution >= 4 is 56.4 Å². The zero-order valence-electron chi connectivity index (χ0n) is 27.1. The maximum atomic E-state index is 14.7. The Morgan fingerprint density at radius 1 is 0.980 bits per heavy atom. The molecule has 258 valence electrons. The average molecular weight is 728 g/mol. The van der Waals surface area contributed by atoms with Gasteiger partial charge in [0, 0.05) is 41.2 Å². The van der Waals surface area contributed by atoms with E-state index in [9.17, 15) is 28.1 Å². The molecule has 4 aromatic carbocycles. The predicted octanol–water partition coefficient (Wildman–Crippen LogP) is 6.58. The molecule has 0 fully saturated rings. The van der Waals surface area contributed by atoms with Crippen LogP contribution in [0.25, 0.3) is 0 Å². The number of nitrogens with one attached hydrogen (secondary N) is 1. The largest absolute Gasteiger partial charge is 0.495 e. The lowest BCUT2D eigenvalue weighted by Crippen LogP contribution is -2.53. The number of aryl methyl sites for hydroxylation is 1. The number of nitro groups is 1. The number of carbonyl (C=O) groups is 2. The van der Waals surface area contributed by atoms with Crippen molar-refractivity contribution in [2.75, 3.05) is 24.5 Å². The zero-order valence-corrected chi connectivity index (χ0v) is 29.5. The van der Waals surface area contributed by atoms with Crippen molar-refractivity contribution in [2.24, 2.45) is 0 Å². The highest BCUT2D eigenvalue weighted by molar-refractivity contribution is 7.92. The van der Waals surface area contributed by atoms with Crippen LogP contribution in [0.2, 0.25) is 10.0 Å². The highest BCUT2D eigenvalue weighted by Gasteiger charge is 2.36. The van der Waals surface area contributed by atoms with Crippen molar-refractivity contribution in [1.82, 2.24) is 10.2 Å². The van der Waals surface area contributed by atoms with E-state index in [2.05, 4.69) is 5.32 Å². The molecule has 0 unspecified atom stereocenters. The number of rotatable bonds is 15. The first-order chi connectivity index (χ1) is 23.4. The van der Waals surface area contributed by atoms with Crippen molar-refractivity contribution in [3.05, 3.63) is 128 Å². The van der Waals surface area contributed by atoms with Crippen LogP contribution < -0.4 is 14.4 Å². The number of nitro benzene ring substituents is 1. The van der Waals surface area contributed by atoms with E-state index in [4.69, 9.17) is 27.9 Å². The van der Waals surface area contributed by atoms with Gasteiger partial charge in [-0.3, -0.25) is 24.0 Å². The Bertz CT molecular complexity index is 1930. The van der Waals surface area contributed by atoms with Crippen LogP contribution >= 0.6 is 23.2 Å². The van der Waals surface area contributed by atoms with Gasteiger partial charge in [0.15, 0.2) is 0 Å². The highest BCUT2D eigenvalue weighted by Crippen LogP contribution is 2.36. The van der Waals surface area contributed by atoms with Gasteiger partial charge < -0.3 is 15.0 Å². The van der Waals surface area contributed by atoms with E-state index < -0.39 is 49.9 Å². The number of benzene rings is 4. The van der Waals surface area contributed by atoms with E-state index in [0.717, 1.165) is 15.9 Å². The minimum Gasteiger partial charge on any atom is -0.495 e. The number of carbonyl (C=O) groups excluding carboxylic acids is 2. The molecule has 0 radical (unpaired) electrons. The van der Waals surface area contributed by atoms with Crippen LogP contribution in [0.3, 0.4) is 0 Å². The monoisotopic (exact) mass is 726 g/mol. The Labute approximate surface area is 295 Å². The molecular weight excluding hydrogens is 691 g/mol. The quantitative estimate of drug-likeness (QED) is 0.108. The van der Waals surface area contributed by atoms with E-state index in [0.29, 0.717) is 23.6 Å². The topological polar surface area (TPSA) is 139 Å². The Hall–Kier alpha value is -4.65. The van der Waals surface area contributed by atoms with Crippen LogP contribution in [0.15, 0.2) is 95.9 Å². The number of sulfonamides is 1. The molecule has 0 aliphatic heterocycles.